The summed E-state index contributed by atoms with van der Waals surface area (Å²) in [6.45, 7) is 2.27. The highest BCUT2D eigenvalue weighted by Gasteiger charge is 2.27. The minimum Gasteiger partial charge on any atom is -0.293 e. The Morgan fingerprint density at radius 2 is 0.824 bits per heavy atom. The Bertz CT molecular complexity index is 730. The van der Waals surface area contributed by atoms with Gasteiger partial charge in [0.15, 0.2) is 11.6 Å². The molecule has 0 saturated carbocycles. The second-order valence-corrected chi connectivity index (χ2v) is 9.75. The van der Waals surface area contributed by atoms with Crippen molar-refractivity contribution in [1.82, 2.24) is 0 Å². The SMILES string of the molecule is CCCCCCCCCCCCCCCCCC(C(=O)c1ccccc1)C(=O)c1ccccc1. The molecule has 0 N–H and O–H groups in total. The summed E-state index contributed by atoms with van der Waals surface area (Å²) in [5.74, 6) is -0.661. The van der Waals surface area contributed by atoms with Crippen molar-refractivity contribution >= 4 is 11.6 Å². The Labute approximate surface area is 208 Å². The van der Waals surface area contributed by atoms with Crippen LogP contribution in [-0.4, -0.2) is 11.6 Å². The lowest BCUT2D eigenvalue weighted by atomic mass is 9.86. The summed E-state index contributed by atoms with van der Waals surface area (Å²) < 4.78 is 0. The van der Waals surface area contributed by atoms with E-state index in [1.54, 1.807) is 0 Å². The van der Waals surface area contributed by atoms with E-state index in [1.807, 2.05) is 60.7 Å². The summed E-state index contributed by atoms with van der Waals surface area (Å²) in [6, 6.07) is 18.5. The van der Waals surface area contributed by atoms with Crippen LogP contribution in [0, 0.1) is 5.92 Å². The summed E-state index contributed by atoms with van der Waals surface area (Å²) in [4.78, 5) is 26.2. The number of unbranched alkanes of at least 4 members (excludes halogenated alkanes) is 14. The highest BCUT2D eigenvalue weighted by Crippen LogP contribution is 2.22. The quantitative estimate of drug-likeness (QED) is 0.111. The Morgan fingerprint density at radius 3 is 1.18 bits per heavy atom. The van der Waals surface area contributed by atoms with Crippen molar-refractivity contribution in [3.63, 3.8) is 0 Å². The van der Waals surface area contributed by atoms with Gasteiger partial charge < -0.3 is 0 Å². The molecule has 34 heavy (non-hydrogen) atoms. The monoisotopic (exact) mass is 462 g/mol. The van der Waals surface area contributed by atoms with Gasteiger partial charge in [0, 0.05) is 11.1 Å². The van der Waals surface area contributed by atoms with Crippen LogP contribution in [0.1, 0.15) is 130 Å². The van der Waals surface area contributed by atoms with E-state index in [4.69, 9.17) is 0 Å². The van der Waals surface area contributed by atoms with Gasteiger partial charge in [-0.1, -0.05) is 164 Å². The maximum atomic E-state index is 13.1. The maximum Gasteiger partial charge on any atom is 0.173 e. The number of carbonyl (C=O) groups is 2. The number of benzene rings is 2. The van der Waals surface area contributed by atoms with E-state index in [9.17, 15) is 9.59 Å². The van der Waals surface area contributed by atoms with Crippen molar-refractivity contribution in [1.29, 1.82) is 0 Å². The lowest BCUT2D eigenvalue weighted by Crippen LogP contribution is -2.24. The third-order valence-corrected chi connectivity index (χ3v) is 6.85. The summed E-state index contributed by atoms with van der Waals surface area (Å²) in [5.41, 5.74) is 1.27. The van der Waals surface area contributed by atoms with Crippen LogP contribution in [0.15, 0.2) is 60.7 Å². The lowest BCUT2D eigenvalue weighted by Gasteiger charge is -2.15. The molecule has 2 aromatic carbocycles. The van der Waals surface area contributed by atoms with Gasteiger partial charge >= 0.3 is 0 Å². The van der Waals surface area contributed by atoms with Gasteiger partial charge in [0.05, 0.1) is 5.92 Å². The number of carbonyl (C=O) groups excluding carboxylic acids is 2. The van der Waals surface area contributed by atoms with Gasteiger partial charge in [0.2, 0.25) is 0 Å². The number of rotatable bonds is 20. The second kappa shape index (κ2) is 18.2. The first-order valence-electron chi connectivity index (χ1n) is 13.9. The van der Waals surface area contributed by atoms with Crippen molar-refractivity contribution in [2.24, 2.45) is 5.92 Å². The van der Waals surface area contributed by atoms with E-state index in [0.717, 1.165) is 12.8 Å². The number of ketones is 2. The van der Waals surface area contributed by atoms with Crippen molar-refractivity contribution in [3.8, 4) is 0 Å². The van der Waals surface area contributed by atoms with Gasteiger partial charge in [-0.3, -0.25) is 9.59 Å². The molecule has 0 heterocycles. The minimum atomic E-state index is -0.577. The third kappa shape index (κ3) is 11.3. The molecular formula is C32H46O2. The van der Waals surface area contributed by atoms with Crippen LogP contribution >= 0.6 is 0 Å². The van der Waals surface area contributed by atoms with Crippen molar-refractivity contribution < 1.29 is 9.59 Å². The van der Waals surface area contributed by atoms with Crippen LogP contribution in [0.5, 0.6) is 0 Å². The Hall–Kier alpha value is -2.22. The van der Waals surface area contributed by atoms with Gasteiger partial charge in [-0.2, -0.15) is 0 Å². The highest BCUT2D eigenvalue weighted by molar-refractivity contribution is 6.16. The van der Waals surface area contributed by atoms with Crippen LogP contribution in [0.3, 0.4) is 0 Å². The van der Waals surface area contributed by atoms with E-state index in [1.165, 1.54) is 83.5 Å². The molecular weight excluding hydrogens is 416 g/mol. The Balaban J connectivity index is 1.62. The molecule has 0 bridgehead atoms. The normalized spacial score (nSPS) is 11.1. The van der Waals surface area contributed by atoms with Crippen LogP contribution < -0.4 is 0 Å². The van der Waals surface area contributed by atoms with Crippen LogP contribution in [0.2, 0.25) is 0 Å². The first-order valence-corrected chi connectivity index (χ1v) is 13.9. The molecule has 0 radical (unpaired) electrons. The zero-order valence-corrected chi connectivity index (χ0v) is 21.5. The van der Waals surface area contributed by atoms with Gasteiger partial charge in [-0.15, -0.1) is 0 Å². The summed E-state index contributed by atoms with van der Waals surface area (Å²) in [6.07, 6.45) is 20.3. The predicted molar refractivity (Wildman–Crippen MR) is 145 cm³/mol. The zero-order chi connectivity index (χ0) is 24.3. The standard InChI is InChI=1S/C32H46O2/c1-2-3-4-5-6-7-8-9-10-11-12-13-14-15-22-27-30(31(33)28-23-18-16-19-24-28)32(34)29-25-20-17-21-26-29/h16-21,23-26,30H,2-15,22,27H2,1H3. The molecule has 0 saturated heterocycles. The minimum absolute atomic E-state index is 0.0418. The molecule has 2 rings (SSSR count). The summed E-state index contributed by atoms with van der Waals surface area (Å²) in [7, 11) is 0. The van der Waals surface area contributed by atoms with E-state index in [-0.39, 0.29) is 11.6 Å². The molecule has 0 aliphatic heterocycles. The van der Waals surface area contributed by atoms with Crippen molar-refractivity contribution in [3.05, 3.63) is 71.8 Å². The molecule has 0 unspecified atom stereocenters. The molecule has 2 heteroatoms. The number of Topliss-reactive ketones (excluding diaryl/α,β-unsaturated/α-hetero) is 2. The van der Waals surface area contributed by atoms with E-state index < -0.39 is 5.92 Å². The predicted octanol–water partition coefficient (Wildman–Crippen LogP) is 9.63. The van der Waals surface area contributed by atoms with Crippen molar-refractivity contribution in [2.75, 3.05) is 0 Å². The molecule has 2 nitrogen and oxygen atoms in total. The molecule has 186 valence electrons. The second-order valence-electron chi connectivity index (χ2n) is 9.75. The third-order valence-electron chi connectivity index (χ3n) is 6.85. The number of hydrogen-bond donors (Lipinski definition) is 0. The fourth-order valence-corrected chi connectivity index (χ4v) is 4.71. The first kappa shape index (κ1) is 28.0. The molecule has 0 aromatic heterocycles. The summed E-state index contributed by atoms with van der Waals surface area (Å²) in [5, 5.41) is 0. The molecule has 2 aromatic rings. The first-order chi connectivity index (χ1) is 16.7. The molecule has 0 amide bonds. The molecule has 0 aliphatic carbocycles. The van der Waals surface area contributed by atoms with Gasteiger partial charge in [-0.05, 0) is 6.42 Å². The van der Waals surface area contributed by atoms with E-state index in [0.29, 0.717) is 17.5 Å². The lowest BCUT2D eigenvalue weighted by molar-refractivity contribution is 0.0797. The van der Waals surface area contributed by atoms with Gasteiger partial charge in [0.1, 0.15) is 0 Å². The van der Waals surface area contributed by atoms with Gasteiger partial charge in [0.25, 0.3) is 0 Å². The average molecular weight is 463 g/mol. The molecule has 0 fully saturated rings. The van der Waals surface area contributed by atoms with Gasteiger partial charge in [-0.25, -0.2) is 0 Å². The largest absolute Gasteiger partial charge is 0.293 e. The zero-order valence-electron chi connectivity index (χ0n) is 21.5. The topological polar surface area (TPSA) is 34.1 Å². The molecule has 0 spiro atoms. The molecule has 0 aliphatic rings. The van der Waals surface area contributed by atoms with Crippen LogP contribution in [0.4, 0.5) is 0 Å². The van der Waals surface area contributed by atoms with Crippen molar-refractivity contribution in [2.45, 2.75) is 110 Å². The van der Waals surface area contributed by atoms with Crippen LogP contribution in [-0.2, 0) is 0 Å². The van der Waals surface area contributed by atoms with E-state index in [2.05, 4.69) is 6.92 Å². The maximum absolute atomic E-state index is 13.1. The highest BCUT2D eigenvalue weighted by atomic mass is 16.2. The Kier molecular flexibility index (Phi) is 15.0. The fourth-order valence-electron chi connectivity index (χ4n) is 4.71. The number of hydrogen-bond acceptors (Lipinski definition) is 2. The Morgan fingerprint density at radius 1 is 0.500 bits per heavy atom. The fraction of sp³-hybridized carbons (Fsp3) is 0.562. The average Bonchev–Trinajstić information content (AvgIpc) is 2.89. The van der Waals surface area contributed by atoms with E-state index >= 15 is 0 Å². The summed E-state index contributed by atoms with van der Waals surface area (Å²) >= 11 is 0. The molecule has 0 atom stereocenters. The smallest absolute Gasteiger partial charge is 0.173 e. The van der Waals surface area contributed by atoms with Crippen LogP contribution in [0.25, 0.3) is 0 Å².